The van der Waals surface area contributed by atoms with E-state index < -0.39 is 0 Å². The Morgan fingerprint density at radius 1 is 0.619 bits per heavy atom. The summed E-state index contributed by atoms with van der Waals surface area (Å²) < 4.78 is 0. The normalized spacial score (nSPS) is 10.9. The molecule has 0 bridgehead atoms. The van der Waals surface area contributed by atoms with Crippen LogP contribution in [-0.4, -0.2) is 11.4 Å². The minimum atomic E-state index is 0.875. The summed E-state index contributed by atoms with van der Waals surface area (Å²) in [5.41, 5.74) is 5.60. The van der Waals surface area contributed by atoms with Gasteiger partial charge in [-0.25, -0.2) is 0 Å². The Kier molecular flexibility index (Phi) is 3.79. The third-order valence-electron chi connectivity index (χ3n) is 3.42. The van der Waals surface area contributed by atoms with Crippen molar-refractivity contribution < 1.29 is 5.21 Å². The van der Waals surface area contributed by atoms with Crippen molar-refractivity contribution in [2.45, 2.75) is 0 Å². The molecular weight excluding hydrogens is 258 g/mol. The second kappa shape index (κ2) is 6.06. The highest BCUT2D eigenvalue weighted by atomic mass is 16.4. The molecule has 0 saturated carbocycles. The molecule has 0 radical (unpaired) electrons. The molecular formula is C19H15NO. The third kappa shape index (κ3) is 3.00. The lowest BCUT2D eigenvalue weighted by Crippen LogP contribution is -1.83. The number of nitrogens with zero attached hydrogens (tertiary/aromatic N) is 1. The van der Waals surface area contributed by atoms with Crippen molar-refractivity contribution in [2.75, 3.05) is 0 Å². The van der Waals surface area contributed by atoms with E-state index in [1.165, 1.54) is 22.9 Å². The average Bonchev–Trinajstić information content (AvgIpc) is 2.57. The maximum Gasteiger partial charge on any atom is 0.0733 e. The van der Waals surface area contributed by atoms with Crippen molar-refractivity contribution in [3.63, 3.8) is 0 Å². The molecule has 0 saturated heterocycles. The van der Waals surface area contributed by atoms with Gasteiger partial charge in [-0.15, -0.1) is 0 Å². The smallest absolute Gasteiger partial charge is 0.0733 e. The van der Waals surface area contributed by atoms with Crippen LogP contribution in [0.25, 0.3) is 22.3 Å². The summed E-state index contributed by atoms with van der Waals surface area (Å²) in [6, 6.07) is 26.7. The number of rotatable bonds is 3. The quantitative estimate of drug-likeness (QED) is 0.414. The van der Waals surface area contributed by atoms with E-state index in [4.69, 9.17) is 5.21 Å². The predicted octanol–water partition coefficient (Wildman–Crippen LogP) is 4.83. The van der Waals surface area contributed by atoms with Crippen LogP contribution in [-0.2, 0) is 0 Å². The summed E-state index contributed by atoms with van der Waals surface area (Å²) in [6.45, 7) is 0. The lowest BCUT2D eigenvalue weighted by molar-refractivity contribution is 0.322. The molecule has 3 aromatic rings. The van der Waals surface area contributed by atoms with Crippen molar-refractivity contribution in [3.8, 4) is 22.3 Å². The molecule has 2 nitrogen and oxygen atoms in total. The maximum atomic E-state index is 8.54. The number of hydrogen-bond donors (Lipinski definition) is 1. The molecule has 0 unspecified atom stereocenters. The molecule has 0 fully saturated rings. The maximum absolute atomic E-state index is 8.54. The molecule has 3 aromatic carbocycles. The van der Waals surface area contributed by atoms with Gasteiger partial charge in [0.2, 0.25) is 0 Å². The highest BCUT2D eigenvalue weighted by molar-refractivity contribution is 5.81. The molecule has 0 heterocycles. The molecule has 2 heteroatoms. The van der Waals surface area contributed by atoms with Gasteiger partial charge in [0.1, 0.15) is 0 Å². The van der Waals surface area contributed by atoms with Crippen LogP contribution in [0.1, 0.15) is 5.56 Å². The van der Waals surface area contributed by atoms with E-state index in [0.29, 0.717) is 0 Å². The van der Waals surface area contributed by atoms with Gasteiger partial charge in [0.25, 0.3) is 0 Å². The first kappa shape index (κ1) is 13.1. The third-order valence-corrected chi connectivity index (χ3v) is 3.42. The molecule has 1 N–H and O–H groups in total. The topological polar surface area (TPSA) is 32.6 Å². The second-order valence-corrected chi connectivity index (χ2v) is 4.81. The van der Waals surface area contributed by atoms with Gasteiger partial charge in [0.15, 0.2) is 0 Å². The van der Waals surface area contributed by atoms with Crippen LogP contribution in [0.2, 0.25) is 0 Å². The van der Waals surface area contributed by atoms with Gasteiger partial charge in [0.05, 0.1) is 6.21 Å². The van der Waals surface area contributed by atoms with Crippen LogP contribution in [0.15, 0.2) is 84.0 Å². The van der Waals surface area contributed by atoms with Crippen LogP contribution in [0, 0.1) is 0 Å². The van der Waals surface area contributed by atoms with Crippen LogP contribution in [0.3, 0.4) is 0 Å². The van der Waals surface area contributed by atoms with Crippen LogP contribution in [0.4, 0.5) is 0 Å². The largest absolute Gasteiger partial charge is 0.411 e. The zero-order valence-corrected chi connectivity index (χ0v) is 11.5. The van der Waals surface area contributed by atoms with E-state index >= 15 is 0 Å². The second-order valence-electron chi connectivity index (χ2n) is 4.81. The Morgan fingerprint density at radius 3 is 1.81 bits per heavy atom. The number of hydrogen-bond acceptors (Lipinski definition) is 2. The van der Waals surface area contributed by atoms with Crippen molar-refractivity contribution >= 4 is 6.21 Å². The van der Waals surface area contributed by atoms with Gasteiger partial charge in [-0.1, -0.05) is 78.0 Å². The monoisotopic (exact) mass is 273 g/mol. The van der Waals surface area contributed by atoms with Crippen molar-refractivity contribution in [3.05, 3.63) is 84.4 Å². The molecule has 21 heavy (non-hydrogen) atoms. The molecule has 3 rings (SSSR count). The summed E-state index contributed by atoms with van der Waals surface area (Å²) >= 11 is 0. The van der Waals surface area contributed by atoms with E-state index in [1.54, 1.807) is 0 Å². The fourth-order valence-electron chi connectivity index (χ4n) is 2.34. The minimum absolute atomic E-state index is 0.875. The zero-order chi connectivity index (χ0) is 14.5. The summed E-state index contributed by atoms with van der Waals surface area (Å²) in [4.78, 5) is 0. The van der Waals surface area contributed by atoms with Gasteiger partial charge in [0, 0.05) is 0 Å². The lowest BCUT2D eigenvalue weighted by atomic mass is 9.98. The Labute approximate surface area is 124 Å². The fraction of sp³-hybridized carbons (Fsp3) is 0. The van der Waals surface area contributed by atoms with Gasteiger partial charge in [-0.3, -0.25) is 0 Å². The van der Waals surface area contributed by atoms with E-state index in [9.17, 15) is 0 Å². The van der Waals surface area contributed by atoms with Crippen LogP contribution >= 0.6 is 0 Å². The Morgan fingerprint density at radius 2 is 1.19 bits per heavy atom. The van der Waals surface area contributed by atoms with E-state index in [1.807, 2.05) is 42.5 Å². The standard InChI is InChI=1S/C19H15NO/c21-20-14-15-9-11-17(12-10-15)19-8-4-7-18(13-19)16-5-2-1-3-6-16/h1-14,21H/b20-14-. The Hall–Kier alpha value is -2.87. The van der Waals surface area contributed by atoms with E-state index in [2.05, 4.69) is 41.6 Å². The lowest BCUT2D eigenvalue weighted by Gasteiger charge is -2.06. The van der Waals surface area contributed by atoms with Crippen LogP contribution in [0.5, 0.6) is 0 Å². The minimum Gasteiger partial charge on any atom is -0.411 e. The predicted molar refractivity (Wildman–Crippen MR) is 86.7 cm³/mol. The van der Waals surface area contributed by atoms with Gasteiger partial charge in [-0.2, -0.15) is 0 Å². The molecule has 0 atom stereocenters. The summed E-state index contributed by atoms with van der Waals surface area (Å²) in [7, 11) is 0. The molecule has 0 aliphatic carbocycles. The number of oxime groups is 1. The van der Waals surface area contributed by atoms with Crippen LogP contribution < -0.4 is 0 Å². The first-order valence-electron chi connectivity index (χ1n) is 6.80. The molecule has 0 aliphatic rings. The average molecular weight is 273 g/mol. The van der Waals surface area contributed by atoms with Crippen molar-refractivity contribution in [2.24, 2.45) is 5.16 Å². The first-order chi connectivity index (χ1) is 10.4. The fourth-order valence-corrected chi connectivity index (χ4v) is 2.34. The Bertz CT molecular complexity index is 746. The molecule has 102 valence electrons. The summed E-state index contributed by atoms with van der Waals surface area (Å²) in [6.07, 6.45) is 1.42. The molecule has 0 aromatic heterocycles. The summed E-state index contributed by atoms with van der Waals surface area (Å²) in [5.74, 6) is 0. The zero-order valence-electron chi connectivity index (χ0n) is 11.5. The molecule has 0 amide bonds. The van der Waals surface area contributed by atoms with Gasteiger partial charge < -0.3 is 5.21 Å². The highest BCUT2D eigenvalue weighted by Crippen LogP contribution is 2.26. The van der Waals surface area contributed by atoms with Crippen molar-refractivity contribution in [1.82, 2.24) is 0 Å². The van der Waals surface area contributed by atoms with E-state index in [-0.39, 0.29) is 0 Å². The SMILES string of the molecule is O/N=C\c1ccc(-c2cccc(-c3ccccc3)c2)cc1. The molecule has 0 spiro atoms. The summed E-state index contributed by atoms with van der Waals surface area (Å²) in [5, 5.41) is 11.6. The van der Waals surface area contributed by atoms with E-state index in [0.717, 1.165) is 11.1 Å². The number of benzene rings is 3. The highest BCUT2D eigenvalue weighted by Gasteiger charge is 2.01. The van der Waals surface area contributed by atoms with Crippen molar-refractivity contribution in [1.29, 1.82) is 0 Å². The molecule has 0 aliphatic heterocycles. The first-order valence-corrected chi connectivity index (χ1v) is 6.80. The Balaban J connectivity index is 1.96. The van der Waals surface area contributed by atoms with Gasteiger partial charge >= 0.3 is 0 Å². The van der Waals surface area contributed by atoms with Gasteiger partial charge in [-0.05, 0) is 33.9 Å².